The Hall–Kier alpha value is 0.270. The first-order valence-electron chi connectivity index (χ1n) is 11.8. The van der Waals surface area contributed by atoms with Crippen molar-refractivity contribution in [3.05, 3.63) is 0 Å². The van der Waals surface area contributed by atoms with Crippen LogP contribution in [0.1, 0.15) is 117 Å². The first-order valence-corrected chi connectivity index (χ1v) is 13.6. The third-order valence-electron chi connectivity index (χ3n) is 5.08. The lowest BCUT2D eigenvalue weighted by Crippen LogP contribution is -2.21. The van der Waals surface area contributed by atoms with Gasteiger partial charge in [-0.1, -0.05) is 104 Å². The van der Waals surface area contributed by atoms with E-state index in [-0.39, 0.29) is 0 Å². The summed E-state index contributed by atoms with van der Waals surface area (Å²) in [6.07, 6.45) is 20.9. The molecule has 0 saturated heterocycles. The van der Waals surface area contributed by atoms with E-state index in [9.17, 15) is 9.79 Å². The lowest BCUT2D eigenvalue weighted by Gasteiger charge is -2.12. The van der Waals surface area contributed by atoms with Crippen LogP contribution in [-0.2, 0) is 4.52 Å². The Kier molecular flexibility index (Phi) is 21.2. The Morgan fingerprint density at radius 2 is 1.04 bits per heavy atom. The molecule has 3 N–H and O–H groups in total. The Bertz CT molecular complexity index is 291. The molecule has 0 bridgehead atoms. The number of hydrogen-bond acceptors (Lipinski definition) is 4. The molecule has 0 aromatic heterocycles. The Morgan fingerprint density at radius 1 is 0.593 bits per heavy atom. The normalized spacial score (nSPS) is 12.0. The molecule has 0 radical (unpaired) electrons. The Balaban J connectivity index is 3.28. The molecule has 0 spiro atoms. The Labute approximate surface area is 170 Å². The molecule has 0 amide bonds. The van der Waals surface area contributed by atoms with Gasteiger partial charge >= 0.3 is 7.94 Å². The van der Waals surface area contributed by atoms with Crippen molar-refractivity contribution in [3.63, 3.8) is 0 Å². The smallest absolute Gasteiger partial charge is 0.313 e. The van der Waals surface area contributed by atoms with Crippen LogP contribution < -0.4 is 5.32 Å². The van der Waals surface area contributed by atoms with Crippen LogP contribution in [-0.4, -0.2) is 35.6 Å². The molecule has 0 atom stereocenters. The van der Waals surface area contributed by atoms with Crippen molar-refractivity contribution < 1.29 is 14.3 Å². The number of nitrogens with one attached hydrogen (secondary N) is 1. The molecule has 4 nitrogen and oxygen atoms in total. The van der Waals surface area contributed by atoms with Crippen molar-refractivity contribution in [2.75, 3.05) is 25.9 Å². The fourth-order valence-electron chi connectivity index (χ4n) is 3.24. The molecule has 0 rings (SSSR count). The van der Waals surface area contributed by atoms with Crippen LogP contribution in [0.4, 0.5) is 0 Å². The first kappa shape index (κ1) is 27.3. The topological polar surface area (TPSA) is 61.7 Å². The van der Waals surface area contributed by atoms with Crippen LogP contribution in [0.2, 0.25) is 0 Å². The summed E-state index contributed by atoms with van der Waals surface area (Å²) < 4.78 is 5.33. The van der Waals surface area contributed by atoms with Crippen molar-refractivity contribution in [2.24, 2.45) is 0 Å². The lowest BCUT2D eigenvalue weighted by molar-refractivity contribution is 0.223. The van der Waals surface area contributed by atoms with E-state index in [1.54, 1.807) is 0 Å². The standard InChI is InChI=1S/C22H49NO3P/c1-3-5-7-9-11-12-13-14-15-17-19-23-20-22-27(24,25)26-21-18-16-10-8-6-4-2/h23-25H,3-22H2,1-2H3/q+1. The van der Waals surface area contributed by atoms with Gasteiger partial charge in [0.2, 0.25) is 0 Å². The molecule has 164 valence electrons. The van der Waals surface area contributed by atoms with Gasteiger partial charge in [-0.15, -0.1) is 0 Å². The Morgan fingerprint density at radius 3 is 1.56 bits per heavy atom. The molecule has 0 fully saturated rings. The second-order valence-corrected chi connectivity index (χ2v) is 9.96. The van der Waals surface area contributed by atoms with Gasteiger partial charge in [-0.3, -0.25) is 0 Å². The SMILES string of the molecule is CCCCCCCCCCCCNCC[P+](O)(O)OCCCCCCCC. The number of unbranched alkanes of at least 4 members (excludes halogenated alkanes) is 14. The molecule has 0 aliphatic heterocycles. The summed E-state index contributed by atoms with van der Waals surface area (Å²) in [6, 6.07) is 0. The van der Waals surface area contributed by atoms with Gasteiger partial charge < -0.3 is 5.32 Å². The zero-order chi connectivity index (χ0) is 20.1. The van der Waals surface area contributed by atoms with Crippen molar-refractivity contribution in [3.8, 4) is 0 Å². The summed E-state index contributed by atoms with van der Waals surface area (Å²) in [5.41, 5.74) is 0. The predicted molar refractivity (Wildman–Crippen MR) is 120 cm³/mol. The summed E-state index contributed by atoms with van der Waals surface area (Å²) in [5, 5.41) is 3.32. The monoisotopic (exact) mass is 406 g/mol. The predicted octanol–water partition coefficient (Wildman–Crippen LogP) is 6.62. The average Bonchev–Trinajstić information content (AvgIpc) is 2.64. The van der Waals surface area contributed by atoms with Crippen molar-refractivity contribution >= 4 is 7.94 Å². The van der Waals surface area contributed by atoms with Crippen molar-refractivity contribution in [2.45, 2.75) is 117 Å². The maximum atomic E-state index is 9.94. The summed E-state index contributed by atoms with van der Waals surface area (Å²) in [6.45, 7) is 6.55. The summed E-state index contributed by atoms with van der Waals surface area (Å²) >= 11 is 0. The third-order valence-corrected chi connectivity index (χ3v) is 6.49. The molecule has 27 heavy (non-hydrogen) atoms. The molecule has 0 aliphatic carbocycles. The van der Waals surface area contributed by atoms with Gasteiger partial charge in [-0.25, -0.2) is 0 Å². The van der Waals surface area contributed by atoms with E-state index >= 15 is 0 Å². The van der Waals surface area contributed by atoms with Gasteiger partial charge in [-0.05, 0) is 19.4 Å². The molecule has 0 unspecified atom stereocenters. The van der Waals surface area contributed by atoms with Crippen LogP contribution in [0.5, 0.6) is 0 Å². The summed E-state index contributed by atoms with van der Waals surface area (Å²) in [4.78, 5) is 19.9. The minimum Gasteiger partial charge on any atom is -0.313 e. The highest BCUT2D eigenvalue weighted by Gasteiger charge is 2.34. The van der Waals surface area contributed by atoms with E-state index in [0.29, 0.717) is 19.3 Å². The molecule has 0 aromatic rings. The van der Waals surface area contributed by atoms with Gasteiger partial charge in [0.25, 0.3) is 0 Å². The van der Waals surface area contributed by atoms with E-state index in [1.807, 2.05) is 0 Å². The first-order chi connectivity index (χ1) is 13.1. The van der Waals surface area contributed by atoms with Gasteiger partial charge in [0.1, 0.15) is 0 Å². The highest BCUT2D eigenvalue weighted by Crippen LogP contribution is 2.50. The van der Waals surface area contributed by atoms with Gasteiger partial charge in [0.05, 0.1) is 6.61 Å². The van der Waals surface area contributed by atoms with E-state index in [4.69, 9.17) is 4.52 Å². The minimum absolute atomic E-state index is 0.334. The van der Waals surface area contributed by atoms with Crippen LogP contribution >= 0.6 is 7.94 Å². The molecule has 5 heteroatoms. The third kappa shape index (κ3) is 22.4. The fourth-order valence-corrected chi connectivity index (χ4v) is 4.24. The molecule has 0 saturated carbocycles. The van der Waals surface area contributed by atoms with Crippen LogP contribution in [0, 0.1) is 0 Å². The number of hydrogen-bond donors (Lipinski definition) is 3. The highest BCUT2D eigenvalue weighted by atomic mass is 31.2. The minimum atomic E-state index is -3.15. The van der Waals surface area contributed by atoms with Crippen LogP contribution in [0.25, 0.3) is 0 Å². The lowest BCUT2D eigenvalue weighted by atomic mass is 10.1. The zero-order valence-electron chi connectivity index (χ0n) is 18.4. The van der Waals surface area contributed by atoms with Crippen molar-refractivity contribution in [1.82, 2.24) is 5.32 Å². The largest absolute Gasteiger partial charge is 0.407 e. The molecular weight excluding hydrogens is 357 g/mol. The summed E-state index contributed by atoms with van der Waals surface area (Å²) in [7, 11) is -3.15. The molecular formula is C22H49NO3P+. The van der Waals surface area contributed by atoms with Crippen LogP contribution in [0.3, 0.4) is 0 Å². The van der Waals surface area contributed by atoms with E-state index in [1.165, 1.54) is 89.9 Å². The van der Waals surface area contributed by atoms with E-state index < -0.39 is 7.94 Å². The number of rotatable bonds is 22. The van der Waals surface area contributed by atoms with Gasteiger partial charge in [0, 0.05) is 6.54 Å². The van der Waals surface area contributed by atoms with Crippen molar-refractivity contribution in [1.29, 1.82) is 0 Å². The average molecular weight is 407 g/mol. The van der Waals surface area contributed by atoms with Gasteiger partial charge in [0.15, 0.2) is 6.16 Å². The highest BCUT2D eigenvalue weighted by molar-refractivity contribution is 7.59. The quantitative estimate of drug-likeness (QED) is 0.140. The molecule has 0 aliphatic rings. The van der Waals surface area contributed by atoms with Gasteiger partial charge in [-0.2, -0.15) is 14.3 Å². The maximum Gasteiger partial charge on any atom is 0.407 e. The second-order valence-electron chi connectivity index (χ2n) is 7.92. The summed E-state index contributed by atoms with van der Waals surface area (Å²) in [5.74, 6) is 0. The fraction of sp³-hybridized carbons (Fsp3) is 1.00. The molecule has 0 heterocycles. The van der Waals surface area contributed by atoms with E-state index in [2.05, 4.69) is 19.2 Å². The zero-order valence-corrected chi connectivity index (χ0v) is 19.3. The second kappa shape index (κ2) is 21.0. The molecule has 0 aromatic carbocycles. The van der Waals surface area contributed by atoms with E-state index in [0.717, 1.165) is 19.4 Å². The van der Waals surface area contributed by atoms with Crippen LogP contribution in [0.15, 0.2) is 0 Å². The maximum absolute atomic E-state index is 9.94.